The molecule has 16 heavy (non-hydrogen) atoms. The van der Waals surface area contributed by atoms with Gasteiger partial charge in [0.05, 0.1) is 11.5 Å². The van der Waals surface area contributed by atoms with Crippen molar-refractivity contribution in [1.29, 1.82) is 0 Å². The van der Waals surface area contributed by atoms with Crippen LogP contribution >= 0.6 is 15.9 Å². The van der Waals surface area contributed by atoms with Crippen LogP contribution in [0.3, 0.4) is 0 Å². The molecule has 0 spiro atoms. The Bertz CT molecular complexity index is 459. The van der Waals surface area contributed by atoms with E-state index in [1.165, 1.54) is 6.07 Å². The second kappa shape index (κ2) is 5.77. The summed E-state index contributed by atoms with van der Waals surface area (Å²) in [6.45, 7) is 2.20. The van der Waals surface area contributed by atoms with E-state index in [4.69, 9.17) is 5.11 Å². The summed E-state index contributed by atoms with van der Waals surface area (Å²) in [7, 11) is -3.46. The summed E-state index contributed by atoms with van der Waals surface area (Å²) in [5.74, 6) is 0. The zero-order chi connectivity index (χ0) is 12.2. The molecule has 0 fully saturated rings. The second-order valence-electron chi connectivity index (χ2n) is 3.32. The number of nitrogens with one attached hydrogen (secondary N) is 1. The van der Waals surface area contributed by atoms with E-state index in [1.807, 2.05) is 6.92 Å². The Morgan fingerprint density at radius 2 is 2.12 bits per heavy atom. The van der Waals surface area contributed by atoms with Crippen molar-refractivity contribution in [1.82, 2.24) is 4.72 Å². The maximum atomic E-state index is 11.8. The predicted octanol–water partition coefficient (Wildman–Crippen LogP) is 1.63. The van der Waals surface area contributed by atoms with E-state index in [2.05, 4.69) is 20.7 Å². The predicted molar refractivity (Wildman–Crippen MR) is 65.5 cm³/mol. The Labute approximate surface area is 104 Å². The average Bonchev–Trinajstić information content (AvgIpc) is 2.25. The molecule has 0 aliphatic rings. The topological polar surface area (TPSA) is 66.4 Å². The van der Waals surface area contributed by atoms with E-state index in [9.17, 15) is 8.42 Å². The van der Waals surface area contributed by atoms with Gasteiger partial charge in [0, 0.05) is 11.0 Å². The van der Waals surface area contributed by atoms with Gasteiger partial charge in [-0.25, -0.2) is 13.1 Å². The summed E-state index contributed by atoms with van der Waals surface area (Å²) in [4.78, 5) is 0.193. The highest BCUT2D eigenvalue weighted by Gasteiger charge is 2.16. The lowest BCUT2D eigenvalue weighted by atomic mass is 10.2. The minimum Gasteiger partial charge on any atom is -0.392 e. The lowest BCUT2D eigenvalue weighted by Crippen LogP contribution is -2.24. The van der Waals surface area contributed by atoms with Crippen LogP contribution in [0.4, 0.5) is 0 Å². The summed E-state index contributed by atoms with van der Waals surface area (Å²) in [5.41, 5.74) is 0.668. The number of hydrogen-bond acceptors (Lipinski definition) is 3. The van der Waals surface area contributed by atoms with Crippen molar-refractivity contribution in [2.24, 2.45) is 0 Å². The Balaban J connectivity index is 3.04. The van der Waals surface area contributed by atoms with Crippen molar-refractivity contribution in [3.05, 3.63) is 28.2 Å². The molecule has 0 atom stereocenters. The summed E-state index contributed by atoms with van der Waals surface area (Å²) >= 11 is 3.19. The van der Waals surface area contributed by atoms with Crippen LogP contribution < -0.4 is 4.72 Å². The third kappa shape index (κ3) is 3.28. The average molecular weight is 308 g/mol. The molecule has 90 valence electrons. The van der Waals surface area contributed by atoms with Gasteiger partial charge in [-0.1, -0.05) is 13.0 Å². The van der Waals surface area contributed by atoms with Crippen LogP contribution in [-0.4, -0.2) is 20.1 Å². The molecule has 0 amide bonds. The van der Waals surface area contributed by atoms with Crippen LogP contribution in [0.25, 0.3) is 0 Å². The largest absolute Gasteiger partial charge is 0.392 e. The number of hydrogen-bond donors (Lipinski definition) is 2. The van der Waals surface area contributed by atoms with Crippen molar-refractivity contribution in [3.63, 3.8) is 0 Å². The molecule has 0 aliphatic heterocycles. The number of aliphatic hydroxyl groups excluding tert-OH is 1. The molecule has 6 heteroatoms. The molecule has 0 radical (unpaired) electrons. The monoisotopic (exact) mass is 307 g/mol. The zero-order valence-corrected chi connectivity index (χ0v) is 11.3. The number of sulfonamides is 1. The van der Waals surface area contributed by atoms with E-state index in [-0.39, 0.29) is 11.5 Å². The Morgan fingerprint density at radius 1 is 1.44 bits per heavy atom. The van der Waals surface area contributed by atoms with Crippen LogP contribution in [0.5, 0.6) is 0 Å². The van der Waals surface area contributed by atoms with Crippen molar-refractivity contribution in [3.8, 4) is 0 Å². The van der Waals surface area contributed by atoms with E-state index in [0.29, 0.717) is 16.6 Å². The fraction of sp³-hybridized carbons (Fsp3) is 0.400. The van der Waals surface area contributed by atoms with Crippen molar-refractivity contribution >= 4 is 26.0 Å². The molecule has 0 saturated heterocycles. The third-order valence-corrected chi connectivity index (χ3v) is 4.45. The minimum absolute atomic E-state index is 0.110. The first-order valence-corrected chi connectivity index (χ1v) is 7.18. The van der Waals surface area contributed by atoms with E-state index < -0.39 is 10.0 Å². The second-order valence-corrected chi connectivity index (χ2v) is 5.91. The van der Waals surface area contributed by atoms with Gasteiger partial charge in [0.2, 0.25) is 10.0 Å². The maximum Gasteiger partial charge on any atom is 0.241 e. The summed E-state index contributed by atoms with van der Waals surface area (Å²) in [6.07, 6.45) is 0.742. The Morgan fingerprint density at radius 3 is 2.62 bits per heavy atom. The normalized spacial score (nSPS) is 11.7. The van der Waals surface area contributed by atoms with Gasteiger partial charge in [-0.05, 0) is 40.0 Å². The first kappa shape index (κ1) is 13.6. The highest BCUT2D eigenvalue weighted by molar-refractivity contribution is 9.10. The fourth-order valence-electron chi connectivity index (χ4n) is 1.17. The Hall–Kier alpha value is -0.430. The van der Waals surface area contributed by atoms with Gasteiger partial charge in [0.25, 0.3) is 0 Å². The van der Waals surface area contributed by atoms with Crippen LogP contribution in [0, 0.1) is 0 Å². The molecule has 0 heterocycles. The molecule has 2 N–H and O–H groups in total. The van der Waals surface area contributed by atoms with Crippen LogP contribution in [0.2, 0.25) is 0 Å². The molecule has 1 aromatic rings. The first-order valence-electron chi connectivity index (χ1n) is 4.90. The molecule has 1 rings (SSSR count). The SMILES string of the molecule is CCCNS(=O)(=O)c1ccc(CO)cc1Br. The number of halogens is 1. The standard InChI is InChI=1S/C10H14BrNO3S/c1-2-5-12-16(14,15)10-4-3-8(7-13)6-9(10)11/h3-4,6,12-13H,2,5,7H2,1H3. The van der Waals surface area contributed by atoms with Gasteiger partial charge in [-0.15, -0.1) is 0 Å². The lowest BCUT2D eigenvalue weighted by molar-refractivity contribution is 0.281. The van der Waals surface area contributed by atoms with Gasteiger partial charge >= 0.3 is 0 Å². The van der Waals surface area contributed by atoms with Gasteiger partial charge in [-0.2, -0.15) is 0 Å². The highest BCUT2D eigenvalue weighted by atomic mass is 79.9. The van der Waals surface area contributed by atoms with E-state index >= 15 is 0 Å². The van der Waals surface area contributed by atoms with Gasteiger partial charge < -0.3 is 5.11 Å². The molecule has 0 unspecified atom stereocenters. The van der Waals surface area contributed by atoms with Crippen LogP contribution in [-0.2, 0) is 16.6 Å². The quantitative estimate of drug-likeness (QED) is 0.869. The molecule has 1 aromatic carbocycles. The molecule has 0 saturated carbocycles. The smallest absolute Gasteiger partial charge is 0.241 e. The van der Waals surface area contributed by atoms with Crippen LogP contribution in [0.1, 0.15) is 18.9 Å². The summed E-state index contributed by atoms with van der Waals surface area (Å²) in [6, 6.07) is 4.67. The van der Waals surface area contributed by atoms with Crippen molar-refractivity contribution in [2.45, 2.75) is 24.8 Å². The molecule has 4 nitrogen and oxygen atoms in total. The first-order chi connectivity index (χ1) is 7.51. The fourth-order valence-corrected chi connectivity index (χ4v) is 3.43. The molecular formula is C10H14BrNO3S. The van der Waals surface area contributed by atoms with Crippen molar-refractivity contribution in [2.75, 3.05) is 6.54 Å². The van der Waals surface area contributed by atoms with E-state index in [0.717, 1.165) is 6.42 Å². The third-order valence-electron chi connectivity index (χ3n) is 2.01. The number of rotatable bonds is 5. The van der Waals surface area contributed by atoms with Gasteiger partial charge in [-0.3, -0.25) is 0 Å². The summed E-state index contributed by atoms with van der Waals surface area (Å²) < 4.78 is 26.6. The molecule has 0 aliphatic carbocycles. The maximum absolute atomic E-state index is 11.8. The Kier molecular flexibility index (Phi) is 4.91. The number of aliphatic hydroxyl groups is 1. The van der Waals surface area contributed by atoms with Gasteiger partial charge in [0.15, 0.2) is 0 Å². The number of benzene rings is 1. The molecule has 0 aromatic heterocycles. The summed E-state index contributed by atoms with van der Waals surface area (Å²) in [5, 5.41) is 8.91. The van der Waals surface area contributed by atoms with E-state index in [1.54, 1.807) is 12.1 Å². The zero-order valence-electron chi connectivity index (χ0n) is 8.90. The molecular weight excluding hydrogens is 294 g/mol. The lowest BCUT2D eigenvalue weighted by Gasteiger charge is -2.08. The molecule has 0 bridgehead atoms. The minimum atomic E-state index is -3.46. The van der Waals surface area contributed by atoms with Crippen LogP contribution in [0.15, 0.2) is 27.6 Å². The van der Waals surface area contributed by atoms with Gasteiger partial charge in [0.1, 0.15) is 0 Å². The highest BCUT2D eigenvalue weighted by Crippen LogP contribution is 2.23. The van der Waals surface area contributed by atoms with Crippen molar-refractivity contribution < 1.29 is 13.5 Å².